The normalized spacial score (nSPS) is 22.8. The van der Waals surface area contributed by atoms with Crippen LogP contribution >= 0.6 is 0 Å². The predicted octanol–water partition coefficient (Wildman–Crippen LogP) is 6.24. The molecule has 0 amide bonds. The number of likely N-dealkylation sites (tertiary alicyclic amines) is 1. The molecule has 1 aromatic heterocycles. The Balaban J connectivity index is 1.22. The molecule has 38 heavy (non-hydrogen) atoms. The van der Waals surface area contributed by atoms with Crippen LogP contribution in [0.5, 0.6) is 0 Å². The second-order valence-electron chi connectivity index (χ2n) is 12.3. The highest BCUT2D eigenvalue weighted by molar-refractivity contribution is 5.75. The van der Waals surface area contributed by atoms with Crippen molar-refractivity contribution in [3.8, 4) is 0 Å². The minimum absolute atomic E-state index is 0.177. The highest BCUT2D eigenvalue weighted by Crippen LogP contribution is 2.52. The lowest BCUT2D eigenvalue weighted by Crippen LogP contribution is -2.45. The van der Waals surface area contributed by atoms with Crippen LogP contribution in [0.4, 0.5) is 11.5 Å². The first-order chi connectivity index (χ1) is 18.7. The maximum Gasteiger partial charge on any atom is 0.140 e. The summed E-state index contributed by atoms with van der Waals surface area (Å²) in [6.07, 6.45) is 11.9. The number of hydrogen-bond donors (Lipinski definition) is 1. The number of fused-ring (bicyclic) bond motifs is 3. The minimum Gasteiger partial charge on any atom is -0.325 e. The molecule has 2 aliphatic heterocycles. The summed E-state index contributed by atoms with van der Waals surface area (Å²) in [6.45, 7) is 7.72. The van der Waals surface area contributed by atoms with Gasteiger partial charge in [0.2, 0.25) is 0 Å². The molecule has 7 rings (SSSR count). The average molecular weight is 508 g/mol. The standard InChI is InChI=1S/C33H41N5/c1-24-14-15-28-30(24)32(36-23-35-28)38-22-33(16-18-37(19-17-33)21-25-8-3-2-4-9-25)31-26(10-7-13-29(31)38)20-34-27-11-5-6-12-27/h2-4,7-10,13,23-24,27,34H,5-6,11-12,14-22H2,1H3/t24-/m1/s1. The van der Waals surface area contributed by atoms with E-state index in [9.17, 15) is 0 Å². The molecule has 0 unspecified atom stereocenters. The van der Waals surface area contributed by atoms with Crippen molar-refractivity contribution < 1.29 is 0 Å². The summed E-state index contributed by atoms with van der Waals surface area (Å²) >= 11 is 0. The summed E-state index contributed by atoms with van der Waals surface area (Å²) < 4.78 is 0. The van der Waals surface area contributed by atoms with E-state index in [4.69, 9.17) is 4.98 Å². The third kappa shape index (κ3) is 4.34. The van der Waals surface area contributed by atoms with E-state index in [0.717, 1.165) is 39.1 Å². The smallest absolute Gasteiger partial charge is 0.140 e. The van der Waals surface area contributed by atoms with E-state index >= 15 is 0 Å². The molecule has 1 spiro atoms. The Kier molecular flexibility index (Phi) is 6.45. The SMILES string of the molecule is C[C@@H]1CCc2ncnc(N3CC4(CCN(Cc5ccccc5)CC4)c4c(CNC5CCCC5)cccc43)c21. The molecule has 3 aromatic rings. The van der Waals surface area contributed by atoms with E-state index in [-0.39, 0.29) is 5.41 Å². The van der Waals surface area contributed by atoms with Crippen LogP contribution < -0.4 is 10.2 Å². The first kappa shape index (κ1) is 24.3. The van der Waals surface area contributed by atoms with Gasteiger partial charge in [-0.25, -0.2) is 9.97 Å². The quantitative estimate of drug-likeness (QED) is 0.428. The van der Waals surface area contributed by atoms with E-state index < -0.39 is 0 Å². The van der Waals surface area contributed by atoms with Crippen molar-refractivity contribution in [3.63, 3.8) is 0 Å². The zero-order valence-corrected chi connectivity index (χ0v) is 22.8. The second-order valence-corrected chi connectivity index (χ2v) is 12.3. The number of aromatic nitrogens is 2. The maximum atomic E-state index is 4.96. The summed E-state index contributed by atoms with van der Waals surface area (Å²) in [4.78, 5) is 14.9. The number of rotatable bonds is 6. The van der Waals surface area contributed by atoms with Gasteiger partial charge in [-0.15, -0.1) is 0 Å². The average Bonchev–Trinajstić information content (AvgIpc) is 3.69. The van der Waals surface area contributed by atoms with Crippen molar-refractivity contribution in [1.82, 2.24) is 20.2 Å². The third-order valence-corrected chi connectivity index (χ3v) is 9.92. The largest absolute Gasteiger partial charge is 0.325 e. The minimum atomic E-state index is 0.177. The number of piperidine rings is 1. The van der Waals surface area contributed by atoms with Crippen molar-refractivity contribution in [1.29, 1.82) is 0 Å². The zero-order valence-electron chi connectivity index (χ0n) is 22.8. The monoisotopic (exact) mass is 507 g/mol. The van der Waals surface area contributed by atoms with Crippen LogP contribution in [-0.4, -0.2) is 40.5 Å². The molecule has 198 valence electrons. The number of nitrogens with zero attached hydrogens (tertiary/aromatic N) is 4. The predicted molar refractivity (Wildman–Crippen MR) is 154 cm³/mol. The van der Waals surface area contributed by atoms with Crippen LogP contribution in [0.2, 0.25) is 0 Å². The van der Waals surface area contributed by atoms with Crippen molar-refractivity contribution in [2.24, 2.45) is 0 Å². The van der Waals surface area contributed by atoms with Gasteiger partial charge in [0.1, 0.15) is 12.1 Å². The van der Waals surface area contributed by atoms with E-state index in [1.165, 1.54) is 78.8 Å². The van der Waals surface area contributed by atoms with E-state index in [0.29, 0.717) is 12.0 Å². The van der Waals surface area contributed by atoms with Gasteiger partial charge in [-0.1, -0.05) is 62.2 Å². The second kappa shape index (κ2) is 10.1. The summed E-state index contributed by atoms with van der Waals surface area (Å²) in [7, 11) is 0. The fourth-order valence-corrected chi connectivity index (χ4v) is 7.84. The molecular weight excluding hydrogens is 466 g/mol. The molecule has 2 aromatic carbocycles. The molecule has 1 atom stereocenters. The van der Waals surface area contributed by atoms with Gasteiger partial charge >= 0.3 is 0 Å². The molecule has 2 aliphatic carbocycles. The summed E-state index contributed by atoms with van der Waals surface area (Å²) in [6, 6.07) is 18.7. The van der Waals surface area contributed by atoms with Gasteiger partial charge in [0.15, 0.2) is 0 Å². The van der Waals surface area contributed by atoms with Gasteiger partial charge in [0, 0.05) is 48.0 Å². The number of hydrogen-bond acceptors (Lipinski definition) is 5. The Labute approximate surface area is 227 Å². The van der Waals surface area contributed by atoms with Crippen molar-refractivity contribution in [2.75, 3.05) is 24.5 Å². The molecule has 5 nitrogen and oxygen atoms in total. The van der Waals surface area contributed by atoms with Crippen LogP contribution in [0.25, 0.3) is 0 Å². The third-order valence-electron chi connectivity index (χ3n) is 9.92. The van der Waals surface area contributed by atoms with Gasteiger partial charge in [-0.05, 0) is 80.3 Å². The first-order valence-electron chi connectivity index (χ1n) is 14.9. The highest BCUT2D eigenvalue weighted by Gasteiger charge is 2.47. The fraction of sp³-hybridized carbons (Fsp3) is 0.515. The Hall–Kier alpha value is -2.76. The van der Waals surface area contributed by atoms with Gasteiger partial charge < -0.3 is 10.2 Å². The lowest BCUT2D eigenvalue weighted by atomic mass is 9.72. The highest BCUT2D eigenvalue weighted by atomic mass is 15.2. The summed E-state index contributed by atoms with van der Waals surface area (Å²) in [5.74, 6) is 1.70. The topological polar surface area (TPSA) is 44.3 Å². The molecule has 2 fully saturated rings. The first-order valence-corrected chi connectivity index (χ1v) is 14.9. The van der Waals surface area contributed by atoms with Gasteiger partial charge in [-0.2, -0.15) is 0 Å². The Morgan fingerprint density at radius 1 is 0.947 bits per heavy atom. The Bertz CT molecular complexity index is 1270. The van der Waals surface area contributed by atoms with E-state index in [1.54, 1.807) is 5.56 Å². The maximum absolute atomic E-state index is 4.96. The molecule has 0 bridgehead atoms. The van der Waals surface area contributed by atoms with Crippen LogP contribution in [0.15, 0.2) is 54.9 Å². The number of anilines is 2. The Morgan fingerprint density at radius 3 is 2.58 bits per heavy atom. The molecule has 1 saturated heterocycles. The van der Waals surface area contributed by atoms with Gasteiger partial charge in [-0.3, -0.25) is 4.90 Å². The van der Waals surface area contributed by atoms with E-state index in [2.05, 4.69) is 75.6 Å². The zero-order chi connectivity index (χ0) is 25.5. The van der Waals surface area contributed by atoms with Crippen molar-refractivity contribution in [2.45, 2.75) is 88.8 Å². The van der Waals surface area contributed by atoms with Crippen LogP contribution in [0, 0.1) is 0 Å². The Morgan fingerprint density at radius 2 is 1.76 bits per heavy atom. The van der Waals surface area contributed by atoms with Gasteiger partial charge in [0.25, 0.3) is 0 Å². The number of aryl methyl sites for hydroxylation is 1. The number of benzene rings is 2. The fourth-order valence-electron chi connectivity index (χ4n) is 7.84. The number of nitrogens with one attached hydrogen (secondary N) is 1. The molecular formula is C33H41N5. The van der Waals surface area contributed by atoms with Crippen molar-refractivity contribution in [3.05, 3.63) is 82.8 Å². The van der Waals surface area contributed by atoms with Crippen molar-refractivity contribution >= 4 is 11.5 Å². The summed E-state index contributed by atoms with van der Waals surface area (Å²) in [5, 5.41) is 3.94. The molecule has 3 heterocycles. The lowest BCUT2D eigenvalue weighted by Gasteiger charge is -2.41. The van der Waals surface area contributed by atoms with Crippen LogP contribution in [-0.2, 0) is 24.9 Å². The van der Waals surface area contributed by atoms with Crippen LogP contribution in [0.1, 0.15) is 85.7 Å². The van der Waals surface area contributed by atoms with Crippen LogP contribution in [0.3, 0.4) is 0 Å². The van der Waals surface area contributed by atoms with Gasteiger partial charge in [0.05, 0.1) is 0 Å². The summed E-state index contributed by atoms with van der Waals surface area (Å²) in [5.41, 5.74) is 8.76. The lowest BCUT2D eigenvalue weighted by molar-refractivity contribution is 0.160. The van der Waals surface area contributed by atoms with E-state index in [1.807, 2.05) is 6.33 Å². The molecule has 4 aliphatic rings. The molecule has 5 heteroatoms. The molecule has 1 N–H and O–H groups in total. The molecule has 1 saturated carbocycles. The molecule has 0 radical (unpaired) electrons.